The van der Waals surface area contributed by atoms with E-state index >= 15 is 0 Å². The highest BCUT2D eigenvalue weighted by molar-refractivity contribution is 7.90. The normalized spacial score (nSPS) is 16.8. The van der Waals surface area contributed by atoms with Crippen molar-refractivity contribution in [2.75, 3.05) is 54.7 Å². The Hall–Kier alpha value is -3.16. The number of piperidine rings is 1. The predicted octanol–water partition coefficient (Wildman–Crippen LogP) is 5.17. The number of aromatic nitrogens is 2. The number of benzene rings is 2. The molecule has 0 radical (unpaired) electrons. The number of nitrogens with zero attached hydrogens (tertiary/aromatic N) is 3. The predicted molar refractivity (Wildman–Crippen MR) is 167 cm³/mol. The number of halogens is 1. The molecule has 0 atom stereocenters. The first-order valence-electron chi connectivity index (χ1n) is 14.2. The molecular formula is C29H38ClN7O4S. The molecule has 5 rings (SSSR count). The molecule has 2 saturated heterocycles. The molecule has 0 saturated carbocycles. The molecule has 2 fully saturated rings. The van der Waals surface area contributed by atoms with Gasteiger partial charge in [0.1, 0.15) is 10.8 Å². The van der Waals surface area contributed by atoms with Crippen molar-refractivity contribution in [1.82, 2.24) is 19.6 Å². The number of para-hydroxylation sites is 2. The van der Waals surface area contributed by atoms with Crippen LogP contribution in [-0.2, 0) is 14.9 Å². The summed E-state index contributed by atoms with van der Waals surface area (Å²) in [7, 11) is -3.77. The lowest BCUT2D eigenvalue weighted by Gasteiger charge is -2.27. The van der Waals surface area contributed by atoms with Crippen LogP contribution in [0.15, 0.2) is 42.6 Å². The first-order chi connectivity index (χ1) is 20.2. The van der Waals surface area contributed by atoms with Crippen LogP contribution in [-0.4, -0.2) is 68.2 Å². The largest absolute Gasteiger partial charge is 0.489 e. The average Bonchev–Trinajstić information content (AvgIpc) is 2.97. The lowest BCUT2D eigenvalue weighted by Crippen LogP contribution is -2.43. The summed E-state index contributed by atoms with van der Waals surface area (Å²) in [6, 6.07) is 11.2. The number of hydrogen-bond acceptors (Lipinski definition) is 9. The molecule has 0 unspecified atom stereocenters. The van der Waals surface area contributed by atoms with Crippen LogP contribution in [0.2, 0.25) is 5.02 Å². The van der Waals surface area contributed by atoms with Crippen molar-refractivity contribution in [3.05, 3.63) is 58.7 Å². The van der Waals surface area contributed by atoms with Crippen LogP contribution in [0.25, 0.3) is 0 Å². The molecule has 226 valence electrons. The summed E-state index contributed by atoms with van der Waals surface area (Å²) in [5, 5.41) is 10.2. The highest BCUT2D eigenvalue weighted by atomic mass is 35.5. The van der Waals surface area contributed by atoms with Crippen LogP contribution in [0.5, 0.6) is 5.75 Å². The second-order valence-corrected chi connectivity index (χ2v) is 12.8. The van der Waals surface area contributed by atoms with Crippen molar-refractivity contribution in [1.29, 1.82) is 0 Å². The maximum absolute atomic E-state index is 13.0. The van der Waals surface area contributed by atoms with Gasteiger partial charge in [-0.2, -0.15) is 17.7 Å². The van der Waals surface area contributed by atoms with E-state index in [2.05, 4.69) is 49.7 Å². The van der Waals surface area contributed by atoms with Gasteiger partial charge in [0, 0.05) is 13.1 Å². The number of nitrogens with one attached hydrogen (secondary N) is 4. The second kappa shape index (κ2) is 13.4. The molecule has 1 aromatic heterocycles. The van der Waals surface area contributed by atoms with Crippen molar-refractivity contribution in [2.45, 2.75) is 45.6 Å². The molecule has 0 amide bonds. The Morgan fingerprint density at radius 2 is 1.79 bits per heavy atom. The third-order valence-corrected chi connectivity index (χ3v) is 9.03. The molecule has 42 heavy (non-hydrogen) atoms. The zero-order valence-electron chi connectivity index (χ0n) is 24.1. The smallest absolute Gasteiger partial charge is 0.301 e. The van der Waals surface area contributed by atoms with Crippen LogP contribution in [0, 0.1) is 6.92 Å². The van der Waals surface area contributed by atoms with E-state index in [1.54, 1.807) is 24.3 Å². The van der Waals surface area contributed by atoms with Gasteiger partial charge >= 0.3 is 10.2 Å². The third-order valence-electron chi connectivity index (χ3n) is 7.23. The van der Waals surface area contributed by atoms with Crippen LogP contribution < -0.4 is 25.4 Å². The zero-order valence-corrected chi connectivity index (χ0v) is 25.7. The molecule has 2 aliphatic heterocycles. The lowest BCUT2D eigenvalue weighted by molar-refractivity contribution is 0.0733. The number of ether oxygens (including phenoxy) is 2. The number of aryl methyl sites for hydroxylation is 1. The minimum absolute atomic E-state index is 0.0178. The summed E-state index contributed by atoms with van der Waals surface area (Å²) in [6.45, 7) is 9.40. The fourth-order valence-corrected chi connectivity index (χ4v) is 6.51. The molecule has 2 aromatic carbocycles. The lowest BCUT2D eigenvalue weighted by atomic mass is 9.87. The van der Waals surface area contributed by atoms with Gasteiger partial charge in [0.2, 0.25) is 5.95 Å². The Kier molecular flexibility index (Phi) is 9.69. The van der Waals surface area contributed by atoms with Crippen LogP contribution in [0.1, 0.15) is 43.7 Å². The summed E-state index contributed by atoms with van der Waals surface area (Å²) in [5.74, 6) is 1.82. The maximum atomic E-state index is 13.0. The highest BCUT2D eigenvalue weighted by Gasteiger charge is 2.25. The van der Waals surface area contributed by atoms with E-state index < -0.39 is 10.2 Å². The monoisotopic (exact) mass is 615 g/mol. The Morgan fingerprint density at radius 3 is 2.50 bits per heavy atom. The van der Waals surface area contributed by atoms with E-state index in [0.29, 0.717) is 55.4 Å². The van der Waals surface area contributed by atoms with E-state index in [1.165, 1.54) is 21.6 Å². The summed E-state index contributed by atoms with van der Waals surface area (Å²) in [6.07, 6.45) is 3.64. The van der Waals surface area contributed by atoms with Gasteiger partial charge < -0.3 is 25.4 Å². The highest BCUT2D eigenvalue weighted by Crippen LogP contribution is 2.37. The SMILES string of the molecule is Cc1cc(OC(C)C)c(Nc2ncc(Cl)c(Nc3ccccc3NS(=O)(=O)N3CCOCC3)n2)cc1C1CCNCC1. The molecule has 3 heterocycles. The molecule has 2 aliphatic rings. The van der Waals surface area contributed by atoms with Crippen molar-refractivity contribution in [3.63, 3.8) is 0 Å². The third kappa shape index (κ3) is 7.42. The van der Waals surface area contributed by atoms with Crippen LogP contribution in [0.3, 0.4) is 0 Å². The van der Waals surface area contributed by atoms with E-state index in [1.807, 2.05) is 13.8 Å². The van der Waals surface area contributed by atoms with Crippen molar-refractivity contribution < 1.29 is 17.9 Å². The van der Waals surface area contributed by atoms with Gasteiger partial charge in [0.05, 0.1) is 42.6 Å². The van der Waals surface area contributed by atoms with Crippen molar-refractivity contribution in [3.8, 4) is 5.75 Å². The Balaban J connectivity index is 1.41. The summed E-state index contributed by atoms with van der Waals surface area (Å²) >= 11 is 6.50. The maximum Gasteiger partial charge on any atom is 0.301 e. The van der Waals surface area contributed by atoms with E-state index in [9.17, 15) is 8.42 Å². The van der Waals surface area contributed by atoms with E-state index in [0.717, 1.165) is 37.4 Å². The Bertz CT molecular complexity index is 1490. The van der Waals surface area contributed by atoms with Gasteiger partial charge in [-0.3, -0.25) is 4.72 Å². The Labute approximate surface area is 252 Å². The van der Waals surface area contributed by atoms with Gasteiger partial charge in [-0.15, -0.1) is 0 Å². The molecule has 0 spiro atoms. The minimum Gasteiger partial charge on any atom is -0.489 e. The first kappa shape index (κ1) is 30.3. The van der Waals surface area contributed by atoms with E-state index in [-0.39, 0.29) is 11.1 Å². The molecule has 3 aromatic rings. The fraction of sp³-hybridized carbons (Fsp3) is 0.448. The van der Waals surface area contributed by atoms with Gasteiger partial charge in [-0.05, 0) is 88.0 Å². The fourth-order valence-electron chi connectivity index (χ4n) is 5.15. The van der Waals surface area contributed by atoms with Crippen molar-refractivity contribution in [2.24, 2.45) is 0 Å². The minimum atomic E-state index is -3.77. The standard InChI is InChI=1S/C29H38ClN7O4S/c1-19(2)41-27-16-20(3)22(21-8-10-31-11-9-21)17-26(27)34-29-32-18-23(30)28(35-29)33-24-6-4-5-7-25(24)36-42(38,39)37-12-14-40-15-13-37/h4-7,16-19,21,31,36H,8-15H2,1-3H3,(H2,32,33,34,35). The summed E-state index contributed by atoms with van der Waals surface area (Å²) < 4.78 is 41.5. The molecule has 0 aliphatic carbocycles. The number of anilines is 5. The van der Waals surface area contributed by atoms with Crippen LogP contribution in [0.4, 0.5) is 28.8 Å². The summed E-state index contributed by atoms with van der Waals surface area (Å²) in [4.78, 5) is 9.05. The van der Waals surface area contributed by atoms with Crippen molar-refractivity contribution >= 4 is 50.6 Å². The van der Waals surface area contributed by atoms with Gasteiger partial charge in [0.25, 0.3) is 0 Å². The number of hydrogen-bond donors (Lipinski definition) is 4. The molecular weight excluding hydrogens is 578 g/mol. The quantitative estimate of drug-likeness (QED) is 0.244. The van der Waals surface area contributed by atoms with E-state index in [4.69, 9.17) is 21.1 Å². The zero-order chi connectivity index (χ0) is 29.7. The summed E-state index contributed by atoms with van der Waals surface area (Å²) in [5.41, 5.74) is 4.11. The molecule has 0 bridgehead atoms. The second-order valence-electron chi connectivity index (χ2n) is 10.7. The van der Waals surface area contributed by atoms with Crippen LogP contribution >= 0.6 is 11.6 Å². The average molecular weight is 616 g/mol. The van der Waals surface area contributed by atoms with Gasteiger partial charge in [-0.1, -0.05) is 23.7 Å². The van der Waals surface area contributed by atoms with Gasteiger partial charge in [-0.25, -0.2) is 4.98 Å². The topological polar surface area (TPSA) is 130 Å². The first-order valence-corrected chi connectivity index (χ1v) is 16.0. The molecule has 4 N–H and O–H groups in total. The number of rotatable bonds is 10. The molecule has 13 heteroatoms. The van der Waals surface area contributed by atoms with Gasteiger partial charge in [0.15, 0.2) is 5.82 Å². The number of morpholine rings is 1. The Morgan fingerprint density at radius 1 is 1.07 bits per heavy atom. The molecule has 11 nitrogen and oxygen atoms in total.